The number of hydrogen-bond donors (Lipinski definition) is 1. The predicted molar refractivity (Wildman–Crippen MR) is 56.1 cm³/mol. The van der Waals surface area contributed by atoms with Crippen molar-refractivity contribution in [3.8, 4) is 0 Å². The summed E-state index contributed by atoms with van der Waals surface area (Å²) in [6, 6.07) is 0. The number of carboxylic acids is 1. The molecule has 13 heavy (non-hydrogen) atoms. The second kappa shape index (κ2) is 7.72. The quantitative estimate of drug-likeness (QED) is 0.554. The van der Waals surface area contributed by atoms with E-state index < -0.39 is 16.7 Å². The number of aliphatic carboxylic acids is 1. The molecule has 2 nitrogen and oxygen atoms in total. The SMILES string of the molecule is O=C(O)C(Cl)C(Cl)CCCCCCl. The molecule has 0 aromatic carbocycles. The van der Waals surface area contributed by atoms with Gasteiger partial charge in [-0.1, -0.05) is 12.8 Å². The highest BCUT2D eigenvalue weighted by molar-refractivity contribution is 6.36. The van der Waals surface area contributed by atoms with Gasteiger partial charge < -0.3 is 5.11 Å². The molecule has 0 aromatic heterocycles. The van der Waals surface area contributed by atoms with Gasteiger partial charge >= 0.3 is 5.97 Å². The first-order valence-corrected chi connectivity index (χ1v) is 5.57. The van der Waals surface area contributed by atoms with E-state index >= 15 is 0 Å². The highest BCUT2D eigenvalue weighted by Gasteiger charge is 2.22. The molecule has 0 saturated carbocycles. The van der Waals surface area contributed by atoms with Crippen LogP contribution in [0, 0.1) is 0 Å². The van der Waals surface area contributed by atoms with E-state index in [2.05, 4.69) is 0 Å². The maximum atomic E-state index is 10.4. The second-order valence-electron chi connectivity index (χ2n) is 2.79. The van der Waals surface area contributed by atoms with Crippen LogP contribution in [0.3, 0.4) is 0 Å². The molecular weight excluding hydrogens is 234 g/mol. The summed E-state index contributed by atoms with van der Waals surface area (Å²) >= 11 is 16.8. The molecule has 0 aliphatic rings. The van der Waals surface area contributed by atoms with Crippen molar-refractivity contribution in [2.75, 3.05) is 5.88 Å². The minimum Gasteiger partial charge on any atom is -0.480 e. The monoisotopic (exact) mass is 246 g/mol. The maximum Gasteiger partial charge on any atom is 0.323 e. The molecule has 0 saturated heterocycles. The van der Waals surface area contributed by atoms with E-state index in [0.717, 1.165) is 19.3 Å². The van der Waals surface area contributed by atoms with Gasteiger partial charge in [-0.3, -0.25) is 4.79 Å². The van der Waals surface area contributed by atoms with Crippen LogP contribution >= 0.6 is 34.8 Å². The summed E-state index contributed by atoms with van der Waals surface area (Å²) in [5.41, 5.74) is 0. The van der Waals surface area contributed by atoms with Gasteiger partial charge in [0.25, 0.3) is 0 Å². The summed E-state index contributed by atoms with van der Waals surface area (Å²) in [4.78, 5) is 10.4. The van der Waals surface area contributed by atoms with Crippen LogP contribution < -0.4 is 0 Å². The lowest BCUT2D eigenvalue weighted by Crippen LogP contribution is -2.24. The smallest absolute Gasteiger partial charge is 0.323 e. The fourth-order valence-electron chi connectivity index (χ4n) is 0.912. The van der Waals surface area contributed by atoms with Crippen molar-refractivity contribution in [2.24, 2.45) is 0 Å². The van der Waals surface area contributed by atoms with Gasteiger partial charge in [0.15, 0.2) is 0 Å². The molecule has 0 fully saturated rings. The first-order chi connectivity index (χ1) is 6.09. The Hall–Kier alpha value is 0.340. The van der Waals surface area contributed by atoms with Crippen molar-refractivity contribution < 1.29 is 9.90 Å². The lowest BCUT2D eigenvalue weighted by Gasteiger charge is -2.11. The molecule has 5 heteroatoms. The standard InChI is InChI=1S/C8H13Cl3O2/c9-5-3-1-2-4-6(10)7(11)8(12)13/h6-7H,1-5H2,(H,12,13). The normalized spacial score (nSPS) is 15.3. The molecule has 0 bridgehead atoms. The third-order valence-electron chi connectivity index (χ3n) is 1.67. The largest absolute Gasteiger partial charge is 0.480 e. The molecule has 0 heterocycles. The highest BCUT2D eigenvalue weighted by atomic mass is 35.5. The molecule has 0 aliphatic heterocycles. The van der Waals surface area contributed by atoms with Gasteiger partial charge in [-0.2, -0.15) is 0 Å². The van der Waals surface area contributed by atoms with Crippen LogP contribution in [0.1, 0.15) is 25.7 Å². The lowest BCUT2D eigenvalue weighted by atomic mass is 10.1. The average molecular weight is 248 g/mol. The van der Waals surface area contributed by atoms with E-state index in [4.69, 9.17) is 39.9 Å². The highest BCUT2D eigenvalue weighted by Crippen LogP contribution is 2.17. The zero-order chi connectivity index (χ0) is 10.3. The van der Waals surface area contributed by atoms with Crippen molar-refractivity contribution in [3.63, 3.8) is 0 Å². The first kappa shape index (κ1) is 13.3. The van der Waals surface area contributed by atoms with Crippen molar-refractivity contribution in [3.05, 3.63) is 0 Å². The number of hydrogen-bond acceptors (Lipinski definition) is 1. The number of carboxylic acid groups (broad SMARTS) is 1. The van der Waals surface area contributed by atoms with E-state index in [1.54, 1.807) is 0 Å². The Kier molecular flexibility index (Phi) is 7.92. The average Bonchev–Trinajstić information content (AvgIpc) is 2.10. The molecule has 2 unspecified atom stereocenters. The summed E-state index contributed by atoms with van der Waals surface area (Å²) in [5, 5.41) is 7.04. The second-order valence-corrected chi connectivity index (χ2v) is 4.20. The first-order valence-electron chi connectivity index (χ1n) is 4.16. The Morgan fingerprint density at radius 3 is 2.31 bits per heavy atom. The van der Waals surface area contributed by atoms with Crippen LogP contribution in [0.2, 0.25) is 0 Å². The van der Waals surface area contributed by atoms with Gasteiger partial charge in [0.1, 0.15) is 5.38 Å². The van der Waals surface area contributed by atoms with Crippen molar-refractivity contribution >= 4 is 40.8 Å². The van der Waals surface area contributed by atoms with Crippen molar-refractivity contribution in [2.45, 2.75) is 36.4 Å². The molecule has 0 amide bonds. The molecular formula is C8H13Cl3O2. The van der Waals surface area contributed by atoms with E-state index in [0.29, 0.717) is 12.3 Å². The lowest BCUT2D eigenvalue weighted by molar-refractivity contribution is -0.136. The minimum atomic E-state index is -1.06. The number of alkyl halides is 3. The molecule has 0 spiro atoms. The molecule has 0 radical (unpaired) electrons. The molecule has 2 atom stereocenters. The van der Waals surface area contributed by atoms with Gasteiger partial charge in [0.2, 0.25) is 0 Å². The van der Waals surface area contributed by atoms with Crippen LogP contribution in [-0.2, 0) is 4.79 Å². The van der Waals surface area contributed by atoms with Crippen LogP contribution in [0.5, 0.6) is 0 Å². The van der Waals surface area contributed by atoms with Crippen molar-refractivity contribution in [1.29, 1.82) is 0 Å². The summed E-state index contributed by atoms with van der Waals surface area (Å²) in [6.45, 7) is 0. The summed E-state index contributed by atoms with van der Waals surface area (Å²) in [6.07, 6.45) is 3.40. The number of rotatable bonds is 7. The molecule has 0 aromatic rings. The maximum absolute atomic E-state index is 10.4. The van der Waals surface area contributed by atoms with Gasteiger partial charge in [-0.05, 0) is 12.8 Å². The summed E-state index contributed by atoms with van der Waals surface area (Å²) in [5.74, 6) is -0.421. The van der Waals surface area contributed by atoms with Crippen molar-refractivity contribution in [1.82, 2.24) is 0 Å². The van der Waals surface area contributed by atoms with Gasteiger partial charge in [0, 0.05) is 5.88 Å². The zero-order valence-electron chi connectivity index (χ0n) is 7.18. The number of unbranched alkanes of at least 4 members (excludes halogenated alkanes) is 2. The predicted octanol–water partition coefficient (Wildman–Crippen LogP) is 3.09. The van der Waals surface area contributed by atoms with Gasteiger partial charge in [-0.15, -0.1) is 34.8 Å². The molecule has 78 valence electrons. The molecule has 0 rings (SSSR count). The molecule has 0 aliphatic carbocycles. The van der Waals surface area contributed by atoms with E-state index in [-0.39, 0.29) is 0 Å². The molecule has 1 N–H and O–H groups in total. The van der Waals surface area contributed by atoms with Crippen LogP contribution in [0.25, 0.3) is 0 Å². The van der Waals surface area contributed by atoms with E-state index in [1.165, 1.54) is 0 Å². The Morgan fingerprint density at radius 1 is 1.23 bits per heavy atom. The minimum absolute atomic E-state index is 0.491. The van der Waals surface area contributed by atoms with E-state index in [9.17, 15) is 4.79 Å². The fourth-order valence-corrected chi connectivity index (χ4v) is 1.49. The topological polar surface area (TPSA) is 37.3 Å². The fraction of sp³-hybridized carbons (Fsp3) is 0.875. The third-order valence-corrected chi connectivity index (χ3v) is 3.02. The Bertz CT molecular complexity index is 152. The van der Waals surface area contributed by atoms with Crippen LogP contribution in [0.15, 0.2) is 0 Å². The zero-order valence-corrected chi connectivity index (χ0v) is 9.45. The summed E-state index contributed by atoms with van der Waals surface area (Å²) in [7, 11) is 0. The van der Waals surface area contributed by atoms with Gasteiger partial charge in [0.05, 0.1) is 5.38 Å². The van der Waals surface area contributed by atoms with Crippen LogP contribution in [-0.4, -0.2) is 27.7 Å². The summed E-state index contributed by atoms with van der Waals surface area (Å²) < 4.78 is 0. The Morgan fingerprint density at radius 2 is 1.85 bits per heavy atom. The Labute approximate surface area is 93.2 Å². The third kappa shape index (κ3) is 6.42. The number of carbonyl (C=O) groups is 1. The van der Waals surface area contributed by atoms with E-state index in [1.807, 2.05) is 0 Å². The van der Waals surface area contributed by atoms with Crippen LogP contribution in [0.4, 0.5) is 0 Å². The van der Waals surface area contributed by atoms with Gasteiger partial charge in [-0.25, -0.2) is 0 Å². The Balaban J connectivity index is 3.50. The number of halogens is 3.